The molecule has 4 aromatic rings. The van der Waals surface area contributed by atoms with Crippen LogP contribution in [0.25, 0.3) is 0 Å². The summed E-state index contributed by atoms with van der Waals surface area (Å²) in [6, 6.07) is 33.3. The fraction of sp³-hybridized carbons (Fsp3) is 0.317. The molecular weight excluding hydrogens is 648 g/mol. The molecule has 1 N–H and O–H groups in total. The minimum Gasteiger partial charge on any atom is -0.481 e. The molecule has 0 spiro atoms. The van der Waals surface area contributed by atoms with Gasteiger partial charge in [-0.25, -0.2) is 0 Å². The van der Waals surface area contributed by atoms with Crippen molar-refractivity contribution in [1.82, 2.24) is 9.80 Å². The number of carboxylic acids is 1. The number of aliphatic carboxylic acids is 1. The highest BCUT2D eigenvalue weighted by molar-refractivity contribution is 6.00. The molecule has 0 aromatic heterocycles. The number of amides is 2. The van der Waals surface area contributed by atoms with Crippen molar-refractivity contribution < 1.29 is 38.5 Å². The highest BCUT2D eigenvalue weighted by Gasteiger charge is 2.65. The van der Waals surface area contributed by atoms with Crippen molar-refractivity contribution in [1.29, 1.82) is 0 Å². The molecular formula is C41H44N2O8. The van der Waals surface area contributed by atoms with Gasteiger partial charge in [-0.2, -0.15) is 0 Å². The van der Waals surface area contributed by atoms with Crippen molar-refractivity contribution >= 4 is 23.8 Å². The van der Waals surface area contributed by atoms with E-state index >= 15 is 0 Å². The molecule has 51 heavy (non-hydrogen) atoms. The highest BCUT2D eigenvalue weighted by Crippen LogP contribution is 2.49. The monoisotopic (exact) mass is 692 g/mol. The van der Waals surface area contributed by atoms with Gasteiger partial charge in [0.25, 0.3) is 0 Å². The number of methoxy groups -OCH3 is 1. The summed E-state index contributed by atoms with van der Waals surface area (Å²) in [5, 5.41) is 10.4. The molecule has 1 saturated carbocycles. The van der Waals surface area contributed by atoms with Gasteiger partial charge in [-0.15, -0.1) is 0 Å². The quantitative estimate of drug-likeness (QED) is 0.123. The van der Waals surface area contributed by atoms with Gasteiger partial charge in [-0.3, -0.25) is 19.2 Å². The third-order valence-electron chi connectivity index (χ3n) is 9.04. The maximum atomic E-state index is 14.2. The number of benzene rings is 4. The molecule has 0 radical (unpaired) electrons. The standard InChI is InChI=1S/C41H44N2O8/c1-4-24-42(26-28-16-20-32(21-17-28)50-30-12-8-6-9-13-30)38(44)34-36(40(46)47)35(37(34)41(48)49-3)39(45)43(25-5-2)27-29-18-22-33(23-19-29)51-31-14-10-7-11-15-31/h6-23,34-37H,4-5,24-27H2,1-3H3,(H,46,47)/t34-,35-,36-,37-/m1/s1. The van der Waals surface area contributed by atoms with E-state index in [0.717, 1.165) is 11.1 Å². The van der Waals surface area contributed by atoms with E-state index in [4.69, 9.17) is 14.2 Å². The smallest absolute Gasteiger partial charge is 0.310 e. The van der Waals surface area contributed by atoms with Crippen LogP contribution >= 0.6 is 0 Å². The first-order chi connectivity index (χ1) is 24.7. The Morgan fingerprint density at radius 3 is 1.25 bits per heavy atom. The van der Waals surface area contributed by atoms with Crippen LogP contribution < -0.4 is 9.47 Å². The molecule has 10 heteroatoms. The van der Waals surface area contributed by atoms with Crippen LogP contribution in [0, 0.1) is 23.7 Å². The molecule has 4 aromatic carbocycles. The molecule has 2 amide bonds. The lowest BCUT2D eigenvalue weighted by Crippen LogP contribution is -2.64. The lowest BCUT2D eigenvalue weighted by molar-refractivity contribution is -0.189. The Bertz CT molecular complexity index is 1650. The number of carboxylic acid groups (broad SMARTS) is 1. The number of esters is 1. The molecule has 1 fully saturated rings. The van der Waals surface area contributed by atoms with Gasteiger partial charge >= 0.3 is 11.9 Å². The molecule has 5 rings (SSSR count). The molecule has 1 aliphatic carbocycles. The van der Waals surface area contributed by atoms with Crippen LogP contribution in [0.15, 0.2) is 109 Å². The topological polar surface area (TPSA) is 123 Å². The number of carbonyl (C=O) groups excluding carboxylic acids is 3. The molecule has 1 aliphatic rings. The van der Waals surface area contributed by atoms with E-state index in [1.807, 2.05) is 98.8 Å². The number of carbonyl (C=O) groups is 4. The van der Waals surface area contributed by atoms with E-state index in [0.29, 0.717) is 48.9 Å². The third-order valence-corrected chi connectivity index (χ3v) is 9.04. The number of hydrogen-bond donors (Lipinski definition) is 1. The summed E-state index contributed by atoms with van der Waals surface area (Å²) in [7, 11) is 1.19. The number of ether oxygens (including phenoxy) is 3. The van der Waals surface area contributed by atoms with Gasteiger partial charge < -0.3 is 29.1 Å². The van der Waals surface area contributed by atoms with E-state index < -0.39 is 47.4 Å². The van der Waals surface area contributed by atoms with Gasteiger partial charge in [0, 0.05) is 26.2 Å². The zero-order valence-corrected chi connectivity index (χ0v) is 29.1. The number of para-hydroxylation sites is 2. The Labute approximate surface area is 298 Å². The molecule has 2 atom stereocenters. The Hall–Kier alpha value is -5.64. The fourth-order valence-electron chi connectivity index (χ4n) is 6.61. The molecule has 0 aliphatic heterocycles. The first-order valence-electron chi connectivity index (χ1n) is 17.3. The zero-order valence-electron chi connectivity index (χ0n) is 29.1. The summed E-state index contributed by atoms with van der Waals surface area (Å²) in [5.74, 6) is -5.57. The van der Waals surface area contributed by atoms with Crippen molar-refractivity contribution in [2.45, 2.75) is 39.8 Å². The van der Waals surface area contributed by atoms with Crippen LogP contribution in [0.2, 0.25) is 0 Å². The lowest BCUT2D eigenvalue weighted by Gasteiger charge is -2.48. The van der Waals surface area contributed by atoms with Gasteiger partial charge in [0.2, 0.25) is 11.8 Å². The van der Waals surface area contributed by atoms with Crippen molar-refractivity contribution in [3.63, 3.8) is 0 Å². The summed E-state index contributed by atoms with van der Waals surface area (Å²) in [5.41, 5.74) is 1.61. The molecule has 0 unspecified atom stereocenters. The third kappa shape index (κ3) is 8.94. The Balaban J connectivity index is 1.33. The zero-order chi connectivity index (χ0) is 36.3. The molecule has 266 valence electrons. The highest BCUT2D eigenvalue weighted by atomic mass is 16.5. The van der Waals surface area contributed by atoms with E-state index in [9.17, 15) is 24.3 Å². The number of hydrogen-bond acceptors (Lipinski definition) is 7. The minimum absolute atomic E-state index is 0.194. The van der Waals surface area contributed by atoms with Crippen LogP contribution in [0.4, 0.5) is 0 Å². The Morgan fingerprint density at radius 2 is 0.922 bits per heavy atom. The van der Waals surface area contributed by atoms with Crippen molar-refractivity contribution in [3.05, 3.63) is 120 Å². The second kappa shape index (κ2) is 17.3. The maximum absolute atomic E-state index is 14.2. The van der Waals surface area contributed by atoms with E-state index in [-0.39, 0.29) is 13.1 Å². The average molecular weight is 693 g/mol. The summed E-state index contributed by atoms with van der Waals surface area (Å²) < 4.78 is 16.9. The second-order valence-electron chi connectivity index (χ2n) is 12.6. The van der Waals surface area contributed by atoms with E-state index in [2.05, 4.69) is 0 Å². The summed E-state index contributed by atoms with van der Waals surface area (Å²) in [6.45, 7) is 4.89. The predicted molar refractivity (Wildman–Crippen MR) is 191 cm³/mol. The first kappa shape index (κ1) is 36.6. The van der Waals surface area contributed by atoms with Gasteiger partial charge in [0.15, 0.2) is 0 Å². The van der Waals surface area contributed by atoms with Gasteiger partial charge in [0.05, 0.1) is 30.8 Å². The van der Waals surface area contributed by atoms with Crippen molar-refractivity contribution in [3.8, 4) is 23.0 Å². The molecule has 0 saturated heterocycles. The van der Waals surface area contributed by atoms with Crippen LogP contribution in [0.1, 0.15) is 37.8 Å². The largest absolute Gasteiger partial charge is 0.481 e. The SMILES string of the molecule is CCCN(Cc1ccc(Oc2ccccc2)cc1)C(=O)[C@@H]1[C@H](C(=O)O)[C@@H](C(=O)N(CCC)Cc2ccc(Oc3ccccc3)cc2)[C@H]1C(=O)OC. The normalized spacial score (nSPS) is 17.8. The van der Waals surface area contributed by atoms with Crippen LogP contribution in [-0.2, 0) is 37.0 Å². The Morgan fingerprint density at radius 1 is 0.549 bits per heavy atom. The fourth-order valence-corrected chi connectivity index (χ4v) is 6.61. The second-order valence-corrected chi connectivity index (χ2v) is 12.6. The summed E-state index contributed by atoms with van der Waals surface area (Å²) in [6.07, 6.45) is 1.21. The van der Waals surface area contributed by atoms with Crippen LogP contribution in [0.3, 0.4) is 0 Å². The van der Waals surface area contributed by atoms with Gasteiger partial charge in [0.1, 0.15) is 23.0 Å². The molecule has 0 heterocycles. The number of nitrogens with zero attached hydrogens (tertiary/aromatic N) is 2. The lowest BCUT2D eigenvalue weighted by atomic mass is 9.55. The van der Waals surface area contributed by atoms with Crippen molar-refractivity contribution in [2.75, 3.05) is 20.2 Å². The van der Waals surface area contributed by atoms with Gasteiger partial charge in [-0.05, 0) is 72.5 Å². The predicted octanol–water partition coefficient (Wildman–Crippen LogP) is 7.18. The average Bonchev–Trinajstić information content (AvgIpc) is 3.13. The Kier molecular flexibility index (Phi) is 12.5. The van der Waals surface area contributed by atoms with E-state index in [1.54, 1.807) is 34.1 Å². The minimum atomic E-state index is -1.39. The van der Waals surface area contributed by atoms with E-state index in [1.165, 1.54) is 7.11 Å². The van der Waals surface area contributed by atoms with Gasteiger partial charge in [-0.1, -0.05) is 74.5 Å². The maximum Gasteiger partial charge on any atom is 0.310 e. The first-order valence-corrected chi connectivity index (χ1v) is 17.3. The number of rotatable bonds is 16. The summed E-state index contributed by atoms with van der Waals surface area (Å²) in [4.78, 5) is 57.6. The summed E-state index contributed by atoms with van der Waals surface area (Å²) >= 11 is 0. The molecule has 0 bridgehead atoms. The van der Waals surface area contributed by atoms with Crippen molar-refractivity contribution in [2.24, 2.45) is 23.7 Å². The van der Waals surface area contributed by atoms with Crippen LogP contribution in [0.5, 0.6) is 23.0 Å². The van der Waals surface area contributed by atoms with Crippen LogP contribution in [-0.4, -0.2) is 58.9 Å². The molecule has 10 nitrogen and oxygen atoms in total.